The van der Waals surface area contributed by atoms with E-state index in [0.717, 1.165) is 33.8 Å². The third-order valence-corrected chi connectivity index (χ3v) is 4.95. The highest BCUT2D eigenvalue weighted by atomic mass is 16.5. The van der Waals surface area contributed by atoms with Gasteiger partial charge in [0.05, 0.1) is 7.11 Å². The van der Waals surface area contributed by atoms with E-state index in [1.54, 1.807) is 7.11 Å². The van der Waals surface area contributed by atoms with Crippen molar-refractivity contribution >= 4 is 17.4 Å². The number of aryl methyl sites for hydroxylation is 2. The van der Waals surface area contributed by atoms with Crippen LogP contribution in [-0.4, -0.2) is 22.4 Å². The summed E-state index contributed by atoms with van der Waals surface area (Å²) >= 11 is 0. The van der Waals surface area contributed by atoms with E-state index in [2.05, 4.69) is 5.32 Å². The normalized spacial score (nSPS) is 10.8. The smallest absolute Gasteiger partial charge is 0.225 e. The first kappa shape index (κ1) is 18.7. The molecular formula is C24H23N3O2. The summed E-state index contributed by atoms with van der Waals surface area (Å²) in [6.07, 6.45) is 2.98. The molecule has 29 heavy (non-hydrogen) atoms. The first-order valence-corrected chi connectivity index (χ1v) is 9.61. The second-order valence-electron chi connectivity index (χ2n) is 6.96. The number of nitrogens with zero attached hydrogens (tertiary/aromatic N) is 2. The lowest BCUT2D eigenvalue weighted by Gasteiger charge is -2.09. The number of rotatable bonds is 6. The Bertz CT molecular complexity index is 1130. The minimum absolute atomic E-state index is 0.0405. The largest absolute Gasteiger partial charge is 0.497 e. The lowest BCUT2D eigenvalue weighted by atomic mass is 10.1. The number of fused-ring (bicyclic) bond motifs is 1. The molecule has 146 valence electrons. The molecule has 4 aromatic rings. The van der Waals surface area contributed by atoms with Crippen LogP contribution in [0, 0.1) is 6.92 Å². The van der Waals surface area contributed by atoms with E-state index in [0.29, 0.717) is 18.7 Å². The fraction of sp³-hybridized carbons (Fsp3) is 0.167. The topological polar surface area (TPSA) is 55.6 Å². The second kappa shape index (κ2) is 8.19. The van der Waals surface area contributed by atoms with E-state index in [1.165, 1.54) is 0 Å². The molecule has 1 amide bonds. The van der Waals surface area contributed by atoms with Crippen molar-refractivity contribution in [3.05, 3.63) is 84.1 Å². The molecule has 4 rings (SSSR count). The summed E-state index contributed by atoms with van der Waals surface area (Å²) in [6.45, 7) is 2.02. The molecular weight excluding hydrogens is 362 g/mol. The van der Waals surface area contributed by atoms with Crippen molar-refractivity contribution in [1.29, 1.82) is 0 Å². The molecule has 0 aliphatic rings. The third-order valence-electron chi connectivity index (χ3n) is 4.95. The molecule has 0 bridgehead atoms. The van der Waals surface area contributed by atoms with Crippen molar-refractivity contribution in [2.45, 2.75) is 19.8 Å². The molecule has 0 fully saturated rings. The van der Waals surface area contributed by atoms with Gasteiger partial charge in [-0.3, -0.25) is 9.20 Å². The number of methoxy groups -OCH3 is 1. The molecule has 1 N–H and O–H groups in total. The van der Waals surface area contributed by atoms with Crippen LogP contribution in [-0.2, 0) is 11.2 Å². The van der Waals surface area contributed by atoms with Gasteiger partial charge in [0.1, 0.15) is 22.9 Å². The average molecular weight is 385 g/mol. The number of carbonyl (C=O) groups is 1. The quantitative estimate of drug-likeness (QED) is 0.514. The van der Waals surface area contributed by atoms with E-state index in [-0.39, 0.29) is 5.91 Å². The van der Waals surface area contributed by atoms with E-state index < -0.39 is 0 Å². The number of hydrogen-bond donors (Lipinski definition) is 1. The number of aromatic nitrogens is 2. The summed E-state index contributed by atoms with van der Waals surface area (Å²) in [5.74, 6) is 1.47. The maximum absolute atomic E-state index is 12.7. The highest BCUT2D eigenvalue weighted by Crippen LogP contribution is 2.30. The average Bonchev–Trinajstić information content (AvgIpc) is 3.13. The summed E-state index contributed by atoms with van der Waals surface area (Å²) in [5, 5.41) is 3.09. The summed E-state index contributed by atoms with van der Waals surface area (Å²) in [4.78, 5) is 17.5. The summed E-state index contributed by atoms with van der Waals surface area (Å²) in [5.41, 5.74) is 4.75. The monoisotopic (exact) mass is 385 g/mol. The van der Waals surface area contributed by atoms with E-state index >= 15 is 0 Å². The molecule has 2 heterocycles. The Morgan fingerprint density at radius 1 is 1.03 bits per heavy atom. The van der Waals surface area contributed by atoms with Crippen LogP contribution in [0.5, 0.6) is 5.75 Å². The second-order valence-corrected chi connectivity index (χ2v) is 6.96. The number of carbonyl (C=O) groups excluding carboxylic acids is 1. The molecule has 0 spiro atoms. The van der Waals surface area contributed by atoms with E-state index in [4.69, 9.17) is 9.72 Å². The zero-order chi connectivity index (χ0) is 20.2. The summed E-state index contributed by atoms with van der Waals surface area (Å²) < 4.78 is 7.13. The van der Waals surface area contributed by atoms with Gasteiger partial charge in [-0.1, -0.05) is 48.5 Å². The molecule has 0 unspecified atom stereocenters. The number of amides is 1. The Morgan fingerprint density at radius 3 is 2.52 bits per heavy atom. The number of pyridine rings is 1. The van der Waals surface area contributed by atoms with Crippen molar-refractivity contribution in [2.75, 3.05) is 12.4 Å². The van der Waals surface area contributed by atoms with Gasteiger partial charge in [-0.2, -0.15) is 0 Å². The Hall–Kier alpha value is -3.60. The van der Waals surface area contributed by atoms with Gasteiger partial charge in [0.25, 0.3) is 0 Å². The van der Waals surface area contributed by atoms with Crippen molar-refractivity contribution in [1.82, 2.24) is 9.38 Å². The molecule has 0 saturated heterocycles. The van der Waals surface area contributed by atoms with Gasteiger partial charge in [-0.25, -0.2) is 4.98 Å². The number of nitrogens with one attached hydrogen (secondary N) is 1. The molecule has 0 atom stereocenters. The van der Waals surface area contributed by atoms with Crippen molar-refractivity contribution in [3.8, 4) is 17.0 Å². The van der Waals surface area contributed by atoms with Gasteiger partial charge < -0.3 is 10.1 Å². The first-order valence-electron chi connectivity index (χ1n) is 9.61. The maximum Gasteiger partial charge on any atom is 0.225 e. The van der Waals surface area contributed by atoms with Crippen molar-refractivity contribution < 1.29 is 9.53 Å². The number of ether oxygens (including phenoxy) is 1. The van der Waals surface area contributed by atoms with Gasteiger partial charge in [0.15, 0.2) is 0 Å². The number of hydrogen-bond acceptors (Lipinski definition) is 3. The fourth-order valence-corrected chi connectivity index (χ4v) is 3.37. The number of benzene rings is 2. The first-order chi connectivity index (χ1) is 14.2. The van der Waals surface area contributed by atoms with Crippen LogP contribution < -0.4 is 10.1 Å². The summed E-state index contributed by atoms with van der Waals surface area (Å²) in [6, 6.07) is 21.7. The Labute approximate surface area is 170 Å². The Kier molecular flexibility index (Phi) is 5.29. The molecule has 5 heteroatoms. The fourth-order valence-electron chi connectivity index (χ4n) is 3.37. The standard InChI is InChI=1S/C24H23N3O2/c1-17-7-6-16-27-23(17)26-22(19-8-4-3-5-9-19)24(27)25-21(28)15-12-18-10-13-20(29-2)14-11-18/h3-11,13-14,16H,12,15H2,1-2H3,(H,25,28). The van der Waals surface area contributed by atoms with Crippen LogP contribution >= 0.6 is 0 Å². The minimum Gasteiger partial charge on any atom is -0.497 e. The van der Waals surface area contributed by atoms with E-state index in [9.17, 15) is 4.79 Å². The molecule has 0 saturated carbocycles. The lowest BCUT2D eigenvalue weighted by Crippen LogP contribution is -2.14. The van der Waals surface area contributed by atoms with Crippen LogP contribution in [0.15, 0.2) is 72.9 Å². The predicted octanol–water partition coefficient (Wildman–Crippen LogP) is 4.89. The van der Waals surface area contributed by atoms with Gasteiger partial charge in [0.2, 0.25) is 5.91 Å². The third kappa shape index (κ3) is 3.99. The SMILES string of the molecule is COc1ccc(CCC(=O)Nc2c(-c3ccccc3)nc3c(C)cccn23)cc1. The van der Waals surface area contributed by atoms with Gasteiger partial charge in [0, 0.05) is 18.2 Å². The molecule has 0 radical (unpaired) electrons. The Balaban J connectivity index is 1.59. The molecule has 0 aliphatic carbocycles. The van der Waals surface area contributed by atoms with Gasteiger partial charge >= 0.3 is 0 Å². The zero-order valence-electron chi connectivity index (χ0n) is 16.6. The lowest BCUT2D eigenvalue weighted by molar-refractivity contribution is -0.116. The van der Waals surface area contributed by atoms with Crippen molar-refractivity contribution in [3.63, 3.8) is 0 Å². The van der Waals surface area contributed by atoms with Crippen LogP contribution in [0.2, 0.25) is 0 Å². The Morgan fingerprint density at radius 2 is 1.79 bits per heavy atom. The van der Waals surface area contributed by atoms with Gasteiger partial charge in [-0.05, 0) is 42.7 Å². The van der Waals surface area contributed by atoms with Crippen LogP contribution in [0.25, 0.3) is 16.9 Å². The molecule has 2 aromatic heterocycles. The van der Waals surface area contributed by atoms with Crippen LogP contribution in [0.4, 0.5) is 5.82 Å². The molecule has 0 aliphatic heterocycles. The highest BCUT2D eigenvalue weighted by molar-refractivity contribution is 5.94. The predicted molar refractivity (Wildman–Crippen MR) is 115 cm³/mol. The van der Waals surface area contributed by atoms with Crippen LogP contribution in [0.3, 0.4) is 0 Å². The maximum atomic E-state index is 12.7. The molecule has 2 aromatic carbocycles. The minimum atomic E-state index is -0.0405. The highest BCUT2D eigenvalue weighted by Gasteiger charge is 2.17. The van der Waals surface area contributed by atoms with Gasteiger partial charge in [-0.15, -0.1) is 0 Å². The van der Waals surface area contributed by atoms with Crippen LogP contribution in [0.1, 0.15) is 17.5 Å². The molecule has 5 nitrogen and oxygen atoms in total. The van der Waals surface area contributed by atoms with E-state index in [1.807, 2.05) is 84.3 Å². The van der Waals surface area contributed by atoms with Crippen molar-refractivity contribution in [2.24, 2.45) is 0 Å². The zero-order valence-corrected chi connectivity index (χ0v) is 16.6. The number of anilines is 1. The number of imidazole rings is 1. The summed E-state index contributed by atoms with van der Waals surface area (Å²) in [7, 11) is 1.64.